The summed E-state index contributed by atoms with van der Waals surface area (Å²) in [5, 5.41) is 15.5. The van der Waals surface area contributed by atoms with Gasteiger partial charge in [-0.15, -0.1) is 0 Å². The molecule has 0 radical (unpaired) electrons. The molecule has 3 aromatic rings. The molecule has 0 bridgehead atoms. The molecular formula is C36H49F2N5O4. The third-order valence-electron chi connectivity index (χ3n) is 8.13. The lowest BCUT2D eigenvalue weighted by Crippen LogP contribution is -2.51. The van der Waals surface area contributed by atoms with Crippen LogP contribution in [0.5, 0.6) is 0 Å². The number of unbranched alkanes of at least 4 members (excludes halogenated alkanes) is 1. The van der Waals surface area contributed by atoms with E-state index in [1.54, 1.807) is 24.1 Å². The zero-order valence-electron chi connectivity index (χ0n) is 28.2. The van der Waals surface area contributed by atoms with Crippen molar-refractivity contribution in [1.29, 1.82) is 0 Å². The van der Waals surface area contributed by atoms with Crippen LogP contribution in [0.1, 0.15) is 71.7 Å². The minimum absolute atomic E-state index is 0.0675. The predicted octanol–water partition coefficient (Wildman–Crippen LogP) is 4.77. The van der Waals surface area contributed by atoms with Crippen molar-refractivity contribution in [3.63, 3.8) is 0 Å². The number of aliphatic hydroxyl groups excluding tert-OH is 1. The Bertz CT molecular complexity index is 1500. The van der Waals surface area contributed by atoms with Gasteiger partial charge in [0.05, 0.1) is 12.1 Å². The highest BCUT2D eigenvalue weighted by Gasteiger charge is 2.37. The van der Waals surface area contributed by atoms with Crippen molar-refractivity contribution in [3.05, 3.63) is 83.7 Å². The molecule has 3 rings (SSSR count). The van der Waals surface area contributed by atoms with Crippen LogP contribution in [0.4, 0.5) is 8.78 Å². The summed E-state index contributed by atoms with van der Waals surface area (Å²) in [5.41, 5.74) is 7.61. The van der Waals surface area contributed by atoms with Crippen LogP contribution in [0.15, 0.2) is 60.8 Å². The summed E-state index contributed by atoms with van der Waals surface area (Å²) in [6.45, 7) is 11.5. The maximum Gasteiger partial charge on any atom is 0.248 e. The van der Waals surface area contributed by atoms with E-state index in [1.807, 2.05) is 69.5 Å². The van der Waals surface area contributed by atoms with Gasteiger partial charge in [-0.25, -0.2) is 8.78 Å². The summed E-state index contributed by atoms with van der Waals surface area (Å²) < 4.78 is 31.1. The van der Waals surface area contributed by atoms with Crippen molar-refractivity contribution in [2.24, 2.45) is 17.1 Å². The van der Waals surface area contributed by atoms with Crippen LogP contribution in [0.25, 0.3) is 11.1 Å². The standard InChI is InChI=1S/C36H49F2N5O4/c1-23(2)32(39)35(47)41-24(3)34(46)40-16-10-11-17-43(31(45)22-44)33(36(4,5)6)30-18-26(28-19-27(37)14-15-29(28)38)21-42(30)20-25-12-8-7-9-13-25/h7-9,12-15,18-19,21,23-24,32-33,44H,10-11,16-17,20,22,39H2,1-6H3,(H,40,46)(H,41,47)/t24-,32-,33-/m0/s1. The summed E-state index contributed by atoms with van der Waals surface area (Å²) >= 11 is 0. The highest BCUT2D eigenvalue weighted by Crippen LogP contribution is 2.41. The first-order valence-electron chi connectivity index (χ1n) is 16.1. The van der Waals surface area contributed by atoms with E-state index in [-0.39, 0.29) is 23.9 Å². The number of nitrogens with one attached hydrogen (secondary N) is 2. The van der Waals surface area contributed by atoms with E-state index in [2.05, 4.69) is 10.6 Å². The number of halogens is 2. The number of carbonyl (C=O) groups excluding carboxylic acids is 3. The third kappa shape index (κ3) is 10.2. The SMILES string of the molecule is CC(C)[C@H](N)C(=O)N[C@@H](C)C(=O)NCCCCN(C(=O)CO)[C@@H](c1cc(-c2cc(F)ccc2F)cn1Cc1ccccc1)C(C)(C)C. The Morgan fingerprint density at radius 3 is 2.28 bits per heavy atom. The molecule has 9 nitrogen and oxygen atoms in total. The van der Waals surface area contributed by atoms with E-state index < -0.39 is 53.6 Å². The average Bonchev–Trinajstić information content (AvgIpc) is 3.42. The second-order valence-electron chi connectivity index (χ2n) is 13.4. The first-order chi connectivity index (χ1) is 22.1. The average molecular weight is 654 g/mol. The number of nitrogens with two attached hydrogens (primary N) is 1. The van der Waals surface area contributed by atoms with Gasteiger partial charge in [-0.3, -0.25) is 14.4 Å². The number of aliphatic hydroxyl groups is 1. The molecule has 0 aliphatic carbocycles. The van der Waals surface area contributed by atoms with Crippen LogP contribution < -0.4 is 16.4 Å². The summed E-state index contributed by atoms with van der Waals surface area (Å²) in [6, 6.07) is 12.8. The minimum Gasteiger partial charge on any atom is -0.387 e. The van der Waals surface area contributed by atoms with E-state index in [1.165, 1.54) is 0 Å². The maximum atomic E-state index is 14.9. The molecule has 0 unspecified atom stereocenters. The number of hydrogen-bond donors (Lipinski definition) is 4. The molecule has 3 amide bonds. The third-order valence-corrected chi connectivity index (χ3v) is 8.13. The second kappa shape index (κ2) is 16.6. The van der Waals surface area contributed by atoms with Gasteiger partial charge < -0.3 is 30.9 Å². The van der Waals surface area contributed by atoms with Crippen molar-refractivity contribution >= 4 is 17.7 Å². The fourth-order valence-electron chi connectivity index (χ4n) is 5.55. The molecule has 0 saturated carbocycles. The topological polar surface area (TPSA) is 130 Å². The van der Waals surface area contributed by atoms with Crippen molar-refractivity contribution in [2.45, 2.75) is 79.1 Å². The van der Waals surface area contributed by atoms with Crippen LogP contribution in [0.2, 0.25) is 0 Å². The molecule has 0 spiro atoms. The molecule has 0 aliphatic rings. The predicted molar refractivity (Wildman–Crippen MR) is 179 cm³/mol. The summed E-state index contributed by atoms with van der Waals surface area (Å²) in [5.74, 6) is -2.41. The van der Waals surface area contributed by atoms with E-state index in [0.29, 0.717) is 37.2 Å². The fraction of sp³-hybridized carbons (Fsp3) is 0.472. The number of carbonyl (C=O) groups is 3. The van der Waals surface area contributed by atoms with Crippen LogP contribution in [0, 0.1) is 23.0 Å². The Kier molecular flexibility index (Phi) is 13.2. The van der Waals surface area contributed by atoms with Gasteiger partial charge in [0, 0.05) is 42.7 Å². The normalized spacial score (nSPS) is 13.6. The molecule has 0 saturated heterocycles. The zero-order valence-corrected chi connectivity index (χ0v) is 28.2. The first-order valence-corrected chi connectivity index (χ1v) is 16.1. The van der Waals surface area contributed by atoms with E-state index in [0.717, 1.165) is 23.8 Å². The van der Waals surface area contributed by atoms with Crippen LogP contribution >= 0.6 is 0 Å². The van der Waals surface area contributed by atoms with Gasteiger partial charge in [-0.1, -0.05) is 65.0 Å². The molecule has 1 heterocycles. The summed E-state index contributed by atoms with van der Waals surface area (Å²) in [6.07, 6.45) is 2.79. The minimum atomic E-state index is -0.764. The first kappa shape index (κ1) is 37.4. The van der Waals surface area contributed by atoms with Crippen LogP contribution in [0.3, 0.4) is 0 Å². The number of amides is 3. The Balaban J connectivity index is 1.85. The highest BCUT2D eigenvalue weighted by molar-refractivity contribution is 5.89. The molecule has 5 N–H and O–H groups in total. The lowest BCUT2D eigenvalue weighted by atomic mass is 9.82. The Hall–Kier alpha value is -4.09. The molecule has 0 aliphatic heterocycles. The molecule has 11 heteroatoms. The summed E-state index contributed by atoms with van der Waals surface area (Å²) in [7, 11) is 0. The van der Waals surface area contributed by atoms with Gasteiger partial charge >= 0.3 is 0 Å². The number of rotatable bonds is 15. The van der Waals surface area contributed by atoms with Crippen LogP contribution in [-0.2, 0) is 20.9 Å². The molecule has 3 atom stereocenters. The Morgan fingerprint density at radius 1 is 0.979 bits per heavy atom. The van der Waals surface area contributed by atoms with E-state index in [9.17, 15) is 28.3 Å². The van der Waals surface area contributed by atoms with Gasteiger partial charge in [-0.2, -0.15) is 0 Å². The van der Waals surface area contributed by atoms with Crippen LogP contribution in [-0.4, -0.2) is 64.1 Å². The van der Waals surface area contributed by atoms with Crippen molar-refractivity contribution in [1.82, 2.24) is 20.1 Å². The highest BCUT2D eigenvalue weighted by atomic mass is 19.1. The van der Waals surface area contributed by atoms with Gasteiger partial charge in [0.1, 0.15) is 24.3 Å². The Morgan fingerprint density at radius 2 is 1.66 bits per heavy atom. The Labute approximate surface area is 276 Å². The summed E-state index contributed by atoms with van der Waals surface area (Å²) in [4.78, 5) is 39.8. The van der Waals surface area contributed by atoms with Gasteiger partial charge in [0.25, 0.3) is 0 Å². The maximum absolute atomic E-state index is 14.9. The fourth-order valence-corrected chi connectivity index (χ4v) is 5.55. The van der Waals surface area contributed by atoms with Gasteiger partial charge in [0.2, 0.25) is 17.7 Å². The van der Waals surface area contributed by atoms with E-state index >= 15 is 0 Å². The zero-order chi connectivity index (χ0) is 34.9. The quantitative estimate of drug-likeness (QED) is 0.176. The largest absolute Gasteiger partial charge is 0.387 e. The van der Waals surface area contributed by atoms with Gasteiger partial charge in [0.15, 0.2) is 0 Å². The molecule has 2 aromatic carbocycles. The monoisotopic (exact) mass is 653 g/mol. The number of benzene rings is 2. The van der Waals surface area contributed by atoms with Crippen molar-refractivity contribution in [3.8, 4) is 11.1 Å². The molecule has 0 fully saturated rings. The number of nitrogens with zero attached hydrogens (tertiary/aromatic N) is 2. The van der Waals surface area contributed by atoms with Gasteiger partial charge in [-0.05, 0) is 60.9 Å². The smallest absolute Gasteiger partial charge is 0.248 e. The molecule has 1 aromatic heterocycles. The van der Waals surface area contributed by atoms with Crippen molar-refractivity contribution in [2.75, 3.05) is 19.7 Å². The van der Waals surface area contributed by atoms with Crippen molar-refractivity contribution < 1.29 is 28.3 Å². The molecular weight excluding hydrogens is 604 g/mol. The molecule has 256 valence electrons. The lowest BCUT2D eigenvalue weighted by Gasteiger charge is -2.41. The molecule has 47 heavy (non-hydrogen) atoms. The second-order valence-corrected chi connectivity index (χ2v) is 13.4. The van der Waals surface area contributed by atoms with E-state index in [4.69, 9.17) is 5.73 Å². The number of hydrogen-bond acceptors (Lipinski definition) is 5. The lowest BCUT2D eigenvalue weighted by molar-refractivity contribution is -0.139. The number of aromatic nitrogens is 1.